The highest BCUT2D eigenvalue weighted by molar-refractivity contribution is 6.04. The van der Waals surface area contributed by atoms with E-state index in [9.17, 15) is 9.59 Å². The molecule has 4 rings (SSSR count). The van der Waals surface area contributed by atoms with E-state index < -0.39 is 0 Å². The smallest absolute Gasteiger partial charge is 0.273 e. The second-order valence-corrected chi connectivity index (χ2v) is 8.96. The zero-order valence-corrected chi connectivity index (χ0v) is 20.9. The lowest BCUT2D eigenvalue weighted by atomic mass is 9.98. The fourth-order valence-corrected chi connectivity index (χ4v) is 4.05. The Balaban J connectivity index is 1.69. The number of Topliss-reactive ketones (excluding diaryl/α,β-unsaturated/α-hetero) is 1. The van der Waals surface area contributed by atoms with Crippen LogP contribution in [-0.4, -0.2) is 51.1 Å². The normalized spacial score (nSPS) is 13.2. The van der Waals surface area contributed by atoms with Crippen molar-refractivity contribution in [3.8, 4) is 28.1 Å². The Morgan fingerprint density at radius 3 is 2.39 bits per heavy atom. The molecular weight excluding hydrogens is 452 g/mol. The minimum Gasteiger partial charge on any atom is -0.489 e. The van der Waals surface area contributed by atoms with Gasteiger partial charge in [0.25, 0.3) is 5.91 Å². The standard InChI is InChI=1S/C29H30N4O3/c1-5-22(7-6-20(2)3)19-36-25-10-8-23(9-11-25)26-27(24-12-14-30-15-13-24)31-33-17-16-32(18-21(4)34)29(35)28(26)33/h5-15H,1,16-19H2,2-4H3/b22-7+. The minimum absolute atomic E-state index is 0.0498. The molecule has 0 radical (unpaired) electrons. The molecule has 36 heavy (non-hydrogen) atoms. The summed E-state index contributed by atoms with van der Waals surface area (Å²) in [4.78, 5) is 30.9. The van der Waals surface area contributed by atoms with Crippen molar-refractivity contribution in [2.75, 3.05) is 19.7 Å². The number of hydrogen-bond acceptors (Lipinski definition) is 5. The summed E-state index contributed by atoms with van der Waals surface area (Å²) in [5, 5.41) is 4.79. The first-order valence-corrected chi connectivity index (χ1v) is 11.9. The summed E-state index contributed by atoms with van der Waals surface area (Å²) in [7, 11) is 0. The highest BCUT2D eigenvalue weighted by atomic mass is 16.5. The summed E-state index contributed by atoms with van der Waals surface area (Å²) in [6.45, 7) is 10.9. The molecule has 3 aromatic rings. The summed E-state index contributed by atoms with van der Waals surface area (Å²) >= 11 is 0. The van der Waals surface area contributed by atoms with Gasteiger partial charge in [-0.3, -0.25) is 19.3 Å². The third-order valence-electron chi connectivity index (χ3n) is 5.83. The van der Waals surface area contributed by atoms with Gasteiger partial charge in [-0.1, -0.05) is 42.5 Å². The zero-order chi connectivity index (χ0) is 25.7. The van der Waals surface area contributed by atoms with E-state index in [1.165, 1.54) is 12.5 Å². The quantitative estimate of drug-likeness (QED) is 0.396. The molecule has 3 heterocycles. The van der Waals surface area contributed by atoms with Gasteiger partial charge in [-0.2, -0.15) is 5.10 Å². The van der Waals surface area contributed by atoms with Crippen LogP contribution in [0.25, 0.3) is 22.4 Å². The second kappa shape index (κ2) is 11.0. The fourth-order valence-electron chi connectivity index (χ4n) is 4.05. The number of aromatic nitrogens is 3. The van der Waals surface area contributed by atoms with Crippen molar-refractivity contribution >= 4 is 11.7 Å². The number of ketones is 1. The number of hydrogen-bond donors (Lipinski definition) is 0. The Morgan fingerprint density at radius 2 is 1.75 bits per heavy atom. The Labute approximate surface area is 211 Å². The van der Waals surface area contributed by atoms with Crippen LogP contribution in [0.5, 0.6) is 5.75 Å². The number of fused-ring (bicyclic) bond motifs is 1. The monoisotopic (exact) mass is 482 g/mol. The average Bonchev–Trinajstić information content (AvgIpc) is 3.27. The first-order chi connectivity index (χ1) is 17.4. The van der Waals surface area contributed by atoms with E-state index >= 15 is 0 Å². The SMILES string of the molecule is C=C/C(=C\C=C(C)C)COc1ccc(-c2c(-c3ccncc3)nn3c2C(=O)N(CC(C)=O)CC3)cc1. The molecule has 1 amide bonds. The maximum absolute atomic E-state index is 13.4. The van der Waals surface area contributed by atoms with E-state index in [0.29, 0.717) is 36.8 Å². The molecule has 0 atom stereocenters. The number of pyridine rings is 1. The molecule has 0 spiro atoms. The number of benzene rings is 1. The molecule has 0 aliphatic carbocycles. The van der Waals surface area contributed by atoms with Gasteiger partial charge >= 0.3 is 0 Å². The van der Waals surface area contributed by atoms with Gasteiger partial charge in [0.1, 0.15) is 29.5 Å². The van der Waals surface area contributed by atoms with Crippen LogP contribution in [0, 0.1) is 0 Å². The number of ether oxygens (including phenoxy) is 1. The van der Waals surface area contributed by atoms with Crippen LogP contribution in [0.2, 0.25) is 0 Å². The van der Waals surface area contributed by atoms with Crippen molar-refractivity contribution in [3.63, 3.8) is 0 Å². The number of amides is 1. The van der Waals surface area contributed by atoms with Crippen LogP contribution in [0.1, 0.15) is 31.3 Å². The molecule has 0 bridgehead atoms. The molecule has 0 unspecified atom stereocenters. The Morgan fingerprint density at radius 1 is 1.03 bits per heavy atom. The van der Waals surface area contributed by atoms with Crippen molar-refractivity contribution in [1.82, 2.24) is 19.7 Å². The van der Waals surface area contributed by atoms with E-state index in [-0.39, 0.29) is 18.2 Å². The van der Waals surface area contributed by atoms with E-state index in [0.717, 1.165) is 22.3 Å². The maximum Gasteiger partial charge on any atom is 0.273 e. The lowest BCUT2D eigenvalue weighted by molar-refractivity contribution is -0.117. The third kappa shape index (κ3) is 5.51. The Bertz CT molecular complexity index is 1330. The van der Waals surface area contributed by atoms with Crippen LogP contribution in [0.15, 0.2) is 84.7 Å². The molecule has 1 aliphatic rings. The highest BCUT2D eigenvalue weighted by Gasteiger charge is 2.32. The van der Waals surface area contributed by atoms with Gasteiger partial charge in [0.15, 0.2) is 0 Å². The topological polar surface area (TPSA) is 77.3 Å². The Hall–Kier alpha value is -4.26. The zero-order valence-electron chi connectivity index (χ0n) is 20.9. The molecule has 0 saturated heterocycles. The molecule has 2 aromatic heterocycles. The summed E-state index contributed by atoms with van der Waals surface area (Å²) in [5.74, 6) is 0.464. The summed E-state index contributed by atoms with van der Waals surface area (Å²) in [6, 6.07) is 11.4. The third-order valence-corrected chi connectivity index (χ3v) is 5.83. The second-order valence-electron chi connectivity index (χ2n) is 8.96. The van der Waals surface area contributed by atoms with Crippen molar-refractivity contribution in [2.45, 2.75) is 27.3 Å². The lowest BCUT2D eigenvalue weighted by Gasteiger charge is -2.27. The van der Waals surface area contributed by atoms with Crippen molar-refractivity contribution in [2.24, 2.45) is 0 Å². The Kier molecular flexibility index (Phi) is 7.59. The largest absolute Gasteiger partial charge is 0.489 e. The molecule has 0 fully saturated rings. The molecule has 0 saturated carbocycles. The summed E-state index contributed by atoms with van der Waals surface area (Å²) in [5.41, 5.74) is 5.82. The molecule has 7 nitrogen and oxygen atoms in total. The number of carbonyl (C=O) groups is 2. The van der Waals surface area contributed by atoms with Gasteiger partial charge in [0.2, 0.25) is 0 Å². The molecule has 1 aliphatic heterocycles. The maximum atomic E-state index is 13.4. The lowest BCUT2D eigenvalue weighted by Crippen LogP contribution is -2.42. The van der Waals surface area contributed by atoms with Crippen LogP contribution in [0.4, 0.5) is 0 Å². The number of rotatable bonds is 9. The van der Waals surface area contributed by atoms with Gasteiger partial charge in [0, 0.05) is 30.1 Å². The van der Waals surface area contributed by atoms with Crippen molar-refractivity contribution < 1.29 is 14.3 Å². The molecule has 184 valence electrons. The highest BCUT2D eigenvalue weighted by Crippen LogP contribution is 2.37. The average molecular weight is 483 g/mol. The number of nitrogens with zero attached hydrogens (tertiary/aromatic N) is 4. The van der Waals surface area contributed by atoms with Gasteiger partial charge in [0.05, 0.1) is 13.1 Å². The van der Waals surface area contributed by atoms with Gasteiger partial charge < -0.3 is 9.64 Å². The van der Waals surface area contributed by atoms with E-state index in [1.807, 2.05) is 62.4 Å². The first-order valence-electron chi connectivity index (χ1n) is 11.9. The predicted molar refractivity (Wildman–Crippen MR) is 141 cm³/mol. The van der Waals surface area contributed by atoms with E-state index in [4.69, 9.17) is 9.84 Å². The predicted octanol–water partition coefficient (Wildman–Crippen LogP) is 5.11. The summed E-state index contributed by atoms with van der Waals surface area (Å²) in [6.07, 6.45) is 9.22. The van der Waals surface area contributed by atoms with Gasteiger partial charge in [-0.25, -0.2) is 0 Å². The van der Waals surface area contributed by atoms with Gasteiger partial charge in [-0.15, -0.1) is 0 Å². The molecule has 0 N–H and O–H groups in total. The van der Waals surface area contributed by atoms with Crippen LogP contribution < -0.4 is 4.74 Å². The van der Waals surface area contributed by atoms with E-state index in [2.05, 4.69) is 11.6 Å². The molecule has 7 heteroatoms. The van der Waals surface area contributed by atoms with Gasteiger partial charge in [-0.05, 0) is 56.2 Å². The summed E-state index contributed by atoms with van der Waals surface area (Å²) < 4.78 is 7.71. The van der Waals surface area contributed by atoms with Crippen molar-refractivity contribution in [3.05, 3.63) is 90.4 Å². The number of allylic oxidation sites excluding steroid dienone is 3. The van der Waals surface area contributed by atoms with Crippen LogP contribution >= 0.6 is 0 Å². The minimum atomic E-state index is -0.195. The molecule has 1 aromatic carbocycles. The van der Waals surface area contributed by atoms with Crippen LogP contribution in [-0.2, 0) is 11.3 Å². The number of carbonyl (C=O) groups excluding carboxylic acids is 2. The van der Waals surface area contributed by atoms with E-state index in [1.54, 1.807) is 28.1 Å². The fraction of sp³-hybridized carbons (Fsp3) is 0.241. The first kappa shape index (κ1) is 24.9. The molecular formula is C29H30N4O3. The van der Waals surface area contributed by atoms with Crippen LogP contribution in [0.3, 0.4) is 0 Å². The van der Waals surface area contributed by atoms with Crippen molar-refractivity contribution in [1.29, 1.82) is 0 Å².